The summed E-state index contributed by atoms with van der Waals surface area (Å²) in [7, 11) is 1.39. The van der Waals surface area contributed by atoms with Crippen LogP contribution in [0, 0.1) is 11.2 Å². The number of hydrogen-bond donors (Lipinski definition) is 7. The highest BCUT2D eigenvalue weighted by Crippen LogP contribution is 2.48. The number of aliphatic imine (C=N–C) groups is 1. The van der Waals surface area contributed by atoms with E-state index in [1.165, 1.54) is 42.9 Å². The van der Waals surface area contributed by atoms with Crippen molar-refractivity contribution in [1.29, 1.82) is 0 Å². The molecule has 3 atom stereocenters. The normalized spacial score (nSPS) is 26.4. The number of phenols is 2. The van der Waals surface area contributed by atoms with Gasteiger partial charge < -0.3 is 41.0 Å². The molecule has 2 bridgehead atoms. The first-order valence-corrected chi connectivity index (χ1v) is 19.6. The van der Waals surface area contributed by atoms with E-state index in [9.17, 15) is 44.1 Å². The molecule has 0 radical (unpaired) electrons. The number of piperidine rings is 3. The molecule has 2 aromatic rings. The lowest BCUT2D eigenvalue weighted by atomic mass is 9.70. The summed E-state index contributed by atoms with van der Waals surface area (Å²) in [5, 5.41) is 48.9. The van der Waals surface area contributed by atoms with Gasteiger partial charge >= 0.3 is 5.97 Å². The van der Waals surface area contributed by atoms with Crippen molar-refractivity contribution in [3.8, 4) is 11.5 Å². The average Bonchev–Trinajstić information content (AvgIpc) is 3.59. The molecule has 5 aliphatic rings. The molecule has 5 aliphatic heterocycles. The lowest BCUT2D eigenvalue weighted by Gasteiger charge is -2.57. The number of nitrogens with one attached hydrogen (secondary N) is 2. The number of nitrogens with zero attached hydrogens (tertiary/aromatic N) is 5. The third-order valence-corrected chi connectivity index (χ3v) is 13.2. The zero-order valence-corrected chi connectivity index (χ0v) is 32.7. The van der Waals surface area contributed by atoms with Crippen LogP contribution in [0.3, 0.4) is 0 Å². The van der Waals surface area contributed by atoms with Crippen molar-refractivity contribution in [2.45, 2.75) is 62.3 Å². The van der Waals surface area contributed by atoms with Crippen molar-refractivity contribution in [1.82, 2.24) is 20.5 Å². The molecule has 0 unspecified atom stereocenters. The molecule has 4 saturated heterocycles. The first kappa shape index (κ1) is 40.8. The maximum atomic E-state index is 14.1. The molecule has 0 spiro atoms. The number of quaternary nitrogens is 1. The molecular weight excluding hydrogens is 776 g/mol. The number of amides is 3. The fraction of sp³-hybridized carbons (Fsp3) is 0.514. The topological polar surface area (TPSA) is 259 Å². The standard InChI is InChI=1S/C35H43FN8O10S2/c1-17-19(13-44-8-5-35(6-9-44,7-10-44)16-39-28(47)24(38-4)18-11-20(36)27(46)23(45)12-18)22(14-53-52)43-30(49)26(31(43)56-17)41-29(48)25(21-15-55-33(37)40-21)42-54-34(2,3)32(50)51/h11-12,15,17,26,31H,5-10,13-14,16H2,1-4H3,(H7-,37,39,40,41,45,46,47,48,50,51,52)/p+1/b38-24?,42-25-/t17-,26+,31+,35?,44?/m0/s1. The number of benzene rings is 1. The number of carboxylic acid groups (broad SMARTS) is 1. The summed E-state index contributed by atoms with van der Waals surface area (Å²) in [4.78, 5) is 71.5. The van der Waals surface area contributed by atoms with Gasteiger partial charge in [-0.05, 0) is 32.9 Å². The van der Waals surface area contributed by atoms with Crippen molar-refractivity contribution in [3.63, 3.8) is 0 Å². The van der Waals surface area contributed by atoms with Crippen LogP contribution in [0.1, 0.15) is 51.3 Å². The van der Waals surface area contributed by atoms with Crippen molar-refractivity contribution in [2.75, 3.05) is 52.1 Å². The van der Waals surface area contributed by atoms with Gasteiger partial charge in [0, 0.05) is 60.0 Å². The quantitative estimate of drug-likeness (QED) is 0.0358. The van der Waals surface area contributed by atoms with Gasteiger partial charge in [0.05, 0.1) is 25.3 Å². The number of oxime groups is 1. The predicted molar refractivity (Wildman–Crippen MR) is 202 cm³/mol. The minimum Gasteiger partial charge on any atom is -0.504 e. The summed E-state index contributed by atoms with van der Waals surface area (Å²) >= 11 is 2.52. The molecule has 21 heteroatoms. The first-order valence-electron chi connectivity index (χ1n) is 17.7. The number of phenolic OH excluding ortho intramolecular Hbond substituents is 2. The van der Waals surface area contributed by atoms with Gasteiger partial charge in [0.25, 0.3) is 17.7 Å². The minimum absolute atomic E-state index is 0.0388. The Morgan fingerprint density at radius 1 is 1.16 bits per heavy atom. The fourth-order valence-corrected chi connectivity index (χ4v) is 9.62. The number of aromatic nitrogens is 1. The Labute approximate surface area is 328 Å². The third-order valence-electron chi connectivity index (χ3n) is 11.1. The largest absolute Gasteiger partial charge is 0.504 e. The molecule has 1 aromatic carbocycles. The Morgan fingerprint density at radius 3 is 2.41 bits per heavy atom. The number of β-lactam (4-membered cyclic amide) rings is 1. The predicted octanol–water partition coefficient (Wildman–Crippen LogP) is 1.63. The number of hydrogen-bond acceptors (Lipinski definition) is 15. The van der Waals surface area contributed by atoms with Crippen LogP contribution < -0.4 is 16.4 Å². The summed E-state index contributed by atoms with van der Waals surface area (Å²) in [6.07, 6.45) is 2.42. The van der Waals surface area contributed by atoms with Crippen molar-refractivity contribution in [2.24, 2.45) is 15.6 Å². The van der Waals surface area contributed by atoms with E-state index in [1.54, 1.807) is 0 Å². The number of nitrogens with two attached hydrogens (primary N) is 1. The zero-order chi connectivity index (χ0) is 40.7. The second-order valence-corrected chi connectivity index (χ2v) is 17.3. The van der Waals surface area contributed by atoms with E-state index in [0.717, 1.165) is 72.4 Å². The summed E-state index contributed by atoms with van der Waals surface area (Å²) in [6.45, 7) is 7.66. The molecule has 0 aliphatic carbocycles. The van der Waals surface area contributed by atoms with Crippen LogP contribution in [0.25, 0.3) is 0 Å². The van der Waals surface area contributed by atoms with Crippen LogP contribution in [0.5, 0.6) is 11.5 Å². The van der Waals surface area contributed by atoms with Crippen molar-refractivity contribution >= 4 is 63.3 Å². The highest BCUT2D eigenvalue weighted by atomic mass is 32.2. The Balaban J connectivity index is 1.12. The van der Waals surface area contributed by atoms with Crippen molar-refractivity contribution < 1.29 is 58.4 Å². The monoisotopic (exact) mass is 819 g/mol. The summed E-state index contributed by atoms with van der Waals surface area (Å²) in [6, 6.07) is 1.05. The number of thioether (sulfide) groups is 1. The summed E-state index contributed by atoms with van der Waals surface area (Å²) < 4.78 is 14.8. The van der Waals surface area contributed by atoms with Crippen LogP contribution in [0.15, 0.2) is 38.9 Å². The van der Waals surface area contributed by atoms with Crippen LogP contribution in [-0.4, -0.2) is 139 Å². The lowest BCUT2D eigenvalue weighted by molar-refractivity contribution is -0.941. The highest BCUT2D eigenvalue weighted by Gasteiger charge is 2.56. The molecule has 3 amide bonds. The molecule has 7 rings (SSSR count). The van der Waals surface area contributed by atoms with Crippen LogP contribution in [0.4, 0.5) is 9.52 Å². The van der Waals surface area contributed by atoms with E-state index in [1.807, 2.05) is 6.92 Å². The third kappa shape index (κ3) is 7.77. The van der Waals surface area contributed by atoms with Gasteiger partial charge in [-0.25, -0.2) is 19.1 Å². The fourth-order valence-electron chi connectivity index (χ4n) is 7.59. The average molecular weight is 820 g/mol. The van der Waals surface area contributed by atoms with E-state index in [-0.39, 0.29) is 45.1 Å². The van der Waals surface area contributed by atoms with Gasteiger partial charge in [-0.3, -0.25) is 29.5 Å². The molecular formula is C35H44FN8O10S2+. The van der Waals surface area contributed by atoms with E-state index < -0.39 is 58.0 Å². The molecule has 56 heavy (non-hydrogen) atoms. The zero-order valence-electron chi connectivity index (χ0n) is 31.1. The molecule has 1 aromatic heterocycles. The van der Waals surface area contributed by atoms with E-state index in [0.29, 0.717) is 18.8 Å². The minimum atomic E-state index is -1.77. The maximum absolute atomic E-state index is 14.1. The first-order chi connectivity index (χ1) is 26.4. The Kier molecular flexibility index (Phi) is 11.4. The number of aromatic hydroxyl groups is 2. The van der Waals surface area contributed by atoms with Gasteiger partial charge in [0.15, 0.2) is 28.2 Å². The Bertz CT molecular complexity index is 1990. The van der Waals surface area contributed by atoms with Gasteiger partial charge in [-0.15, -0.1) is 23.1 Å². The van der Waals surface area contributed by atoms with Gasteiger partial charge in [-0.1, -0.05) is 5.16 Å². The SMILES string of the molecule is CN=C(C(=O)NCC12CC[N+](CC3=C(COO)N4C(=O)[C@@H](NC(=O)/C(=N\OC(C)(C)C(=O)O)c5csc(N)n5)[C@H]4S[C@H]3C)(CC1)CC2)c1cc(O)c(O)c(F)c1. The number of rotatable bonds is 14. The van der Waals surface area contributed by atoms with E-state index >= 15 is 0 Å². The summed E-state index contributed by atoms with van der Waals surface area (Å²) in [5.41, 5.74) is 4.97. The molecule has 6 heterocycles. The molecule has 18 nitrogen and oxygen atoms in total. The second-order valence-electron chi connectivity index (χ2n) is 15.0. The molecule has 4 fully saturated rings. The van der Waals surface area contributed by atoms with Crippen LogP contribution in [0.2, 0.25) is 0 Å². The van der Waals surface area contributed by atoms with Gasteiger partial charge in [0.1, 0.15) is 36.0 Å². The number of carbonyl (C=O) groups excluding carboxylic acids is 3. The number of carboxylic acids is 1. The highest BCUT2D eigenvalue weighted by molar-refractivity contribution is 8.00. The molecule has 8 N–H and O–H groups in total. The molecule has 0 saturated carbocycles. The number of fused-ring (bicyclic) bond motifs is 4. The number of aliphatic carboxylic acids is 1. The smallest absolute Gasteiger partial charge is 0.350 e. The molecule has 302 valence electrons. The van der Waals surface area contributed by atoms with Crippen LogP contribution >= 0.6 is 23.1 Å². The van der Waals surface area contributed by atoms with E-state index in [2.05, 4.69) is 30.7 Å². The number of thiazole rings is 1. The van der Waals surface area contributed by atoms with Gasteiger partial charge in [-0.2, -0.15) is 0 Å². The lowest BCUT2D eigenvalue weighted by Crippen LogP contribution is -2.72. The Morgan fingerprint density at radius 2 is 1.84 bits per heavy atom. The van der Waals surface area contributed by atoms with E-state index in [4.69, 9.17) is 10.6 Å². The number of anilines is 1. The summed E-state index contributed by atoms with van der Waals surface area (Å²) in [5.74, 6) is -5.75. The van der Waals surface area contributed by atoms with Crippen molar-refractivity contribution in [3.05, 3.63) is 45.9 Å². The number of carbonyl (C=O) groups is 4. The van der Waals surface area contributed by atoms with Gasteiger partial charge in [0.2, 0.25) is 5.60 Å². The maximum Gasteiger partial charge on any atom is 0.350 e. The van der Waals surface area contributed by atoms with Crippen LogP contribution in [-0.2, 0) is 28.9 Å². The Hall–Kier alpha value is -4.83. The number of nitrogen functional groups attached to an aromatic ring is 1. The second kappa shape index (κ2) is 15.6. The number of halogens is 1.